The molecule has 0 amide bonds. The predicted octanol–water partition coefficient (Wildman–Crippen LogP) is 3.65. The molecular formula is C22H23BrN4O2S. The molecule has 2 heterocycles. The van der Waals surface area contributed by atoms with E-state index < -0.39 is 10.0 Å². The summed E-state index contributed by atoms with van der Waals surface area (Å²) in [6, 6.07) is 18.5. The molecule has 1 N–H and O–H groups in total. The Morgan fingerprint density at radius 2 is 1.57 bits per heavy atom. The van der Waals surface area contributed by atoms with Gasteiger partial charge in [0, 0.05) is 61.0 Å². The van der Waals surface area contributed by atoms with Crippen molar-refractivity contribution >= 4 is 37.3 Å². The van der Waals surface area contributed by atoms with Gasteiger partial charge in [-0.05, 0) is 48.0 Å². The Kier molecular flexibility index (Phi) is 6.36. The summed E-state index contributed by atoms with van der Waals surface area (Å²) < 4.78 is 28.9. The number of hydrogen-bond acceptors (Lipinski definition) is 5. The maximum atomic E-state index is 12.6. The van der Waals surface area contributed by atoms with Crippen LogP contribution in [0.25, 0.3) is 0 Å². The summed E-state index contributed by atoms with van der Waals surface area (Å²) in [5.41, 5.74) is 3.18. The van der Waals surface area contributed by atoms with Gasteiger partial charge in [-0.1, -0.05) is 34.1 Å². The number of sulfonamides is 1. The van der Waals surface area contributed by atoms with E-state index in [1.54, 1.807) is 30.3 Å². The second-order valence-electron chi connectivity index (χ2n) is 7.09. The number of pyridine rings is 1. The van der Waals surface area contributed by atoms with Gasteiger partial charge >= 0.3 is 0 Å². The highest BCUT2D eigenvalue weighted by molar-refractivity contribution is 9.10. The lowest BCUT2D eigenvalue weighted by Gasteiger charge is -2.38. The summed E-state index contributed by atoms with van der Waals surface area (Å²) in [5, 5.41) is 0. The maximum Gasteiger partial charge on any atom is 0.240 e. The average Bonchev–Trinajstić information content (AvgIpc) is 2.79. The van der Waals surface area contributed by atoms with Crippen LogP contribution in [0, 0.1) is 0 Å². The lowest BCUT2D eigenvalue weighted by Crippen LogP contribution is -2.47. The second kappa shape index (κ2) is 9.16. The number of halogens is 1. The monoisotopic (exact) mass is 486 g/mol. The van der Waals surface area contributed by atoms with Crippen LogP contribution in [0.2, 0.25) is 0 Å². The van der Waals surface area contributed by atoms with E-state index in [4.69, 9.17) is 0 Å². The lowest BCUT2D eigenvalue weighted by molar-refractivity contribution is 0.581. The molecule has 0 radical (unpaired) electrons. The number of anilines is 2. The van der Waals surface area contributed by atoms with Crippen molar-refractivity contribution in [2.75, 3.05) is 36.0 Å². The van der Waals surface area contributed by atoms with Gasteiger partial charge in [0.15, 0.2) is 0 Å². The summed E-state index contributed by atoms with van der Waals surface area (Å²) in [7, 11) is -3.56. The van der Waals surface area contributed by atoms with Crippen LogP contribution >= 0.6 is 15.9 Å². The summed E-state index contributed by atoms with van der Waals surface area (Å²) in [6.45, 7) is 3.76. The Hall–Kier alpha value is -2.42. The van der Waals surface area contributed by atoms with E-state index in [1.165, 1.54) is 5.69 Å². The van der Waals surface area contributed by atoms with E-state index in [0.29, 0.717) is 0 Å². The van der Waals surface area contributed by atoms with Crippen LogP contribution < -0.4 is 14.5 Å². The molecule has 4 rings (SSSR count). The van der Waals surface area contributed by atoms with Crippen molar-refractivity contribution in [3.05, 3.63) is 83.1 Å². The van der Waals surface area contributed by atoms with Gasteiger partial charge in [-0.15, -0.1) is 0 Å². The fourth-order valence-corrected chi connectivity index (χ4v) is 5.06. The van der Waals surface area contributed by atoms with Crippen LogP contribution in [0.15, 0.2) is 82.4 Å². The number of nitrogens with zero attached hydrogens (tertiary/aromatic N) is 3. The van der Waals surface area contributed by atoms with Crippen molar-refractivity contribution in [1.82, 2.24) is 9.71 Å². The molecule has 6 nitrogen and oxygen atoms in total. The van der Waals surface area contributed by atoms with E-state index in [9.17, 15) is 8.42 Å². The first-order valence-electron chi connectivity index (χ1n) is 9.76. The lowest BCUT2D eigenvalue weighted by atomic mass is 10.1. The number of hydrogen-bond donors (Lipinski definition) is 1. The van der Waals surface area contributed by atoms with Crippen LogP contribution in [0.5, 0.6) is 0 Å². The fraction of sp³-hybridized carbons (Fsp3) is 0.227. The molecule has 2 aromatic carbocycles. The molecule has 3 aromatic rings. The molecule has 0 unspecified atom stereocenters. The first kappa shape index (κ1) is 20.8. The van der Waals surface area contributed by atoms with Crippen molar-refractivity contribution in [3.8, 4) is 0 Å². The molecule has 8 heteroatoms. The Labute approximate surface area is 185 Å². The second-order valence-corrected chi connectivity index (χ2v) is 9.77. The number of piperazine rings is 1. The summed E-state index contributed by atoms with van der Waals surface area (Å²) in [4.78, 5) is 9.02. The third-order valence-electron chi connectivity index (χ3n) is 5.20. The normalized spacial score (nSPS) is 14.7. The van der Waals surface area contributed by atoms with Crippen LogP contribution in [-0.2, 0) is 16.6 Å². The van der Waals surface area contributed by atoms with Crippen LogP contribution in [0.3, 0.4) is 0 Å². The Morgan fingerprint density at radius 1 is 0.900 bits per heavy atom. The number of aromatic nitrogens is 1. The van der Waals surface area contributed by atoms with Gasteiger partial charge in [0.05, 0.1) is 4.90 Å². The molecule has 1 aliphatic heterocycles. The van der Waals surface area contributed by atoms with Gasteiger partial charge in [0.1, 0.15) is 0 Å². The molecule has 0 atom stereocenters. The highest BCUT2D eigenvalue weighted by Crippen LogP contribution is 2.27. The van der Waals surface area contributed by atoms with Gasteiger partial charge in [0.25, 0.3) is 0 Å². The van der Waals surface area contributed by atoms with E-state index in [2.05, 4.69) is 41.5 Å². The molecule has 0 spiro atoms. The van der Waals surface area contributed by atoms with Gasteiger partial charge in [-0.25, -0.2) is 13.1 Å². The summed E-state index contributed by atoms with van der Waals surface area (Å²) in [5.74, 6) is 0. The topological polar surface area (TPSA) is 65.5 Å². The van der Waals surface area contributed by atoms with E-state index in [0.717, 1.165) is 41.9 Å². The molecule has 0 aliphatic carbocycles. The molecular weight excluding hydrogens is 464 g/mol. The zero-order chi connectivity index (χ0) is 21.0. The zero-order valence-electron chi connectivity index (χ0n) is 16.4. The van der Waals surface area contributed by atoms with Gasteiger partial charge < -0.3 is 9.80 Å². The molecule has 1 aromatic heterocycles. The third kappa shape index (κ3) is 4.83. The Morgan fingerprint density at radius 3 is 2.27 bits per heavy atom. The highest BCUT2D eigenvalue weighted by atomic mass is 79.9. The Bertz CT molecular complexity index is 1090. The molecule has 0 saturated carbocycles. The minimum atomic E-state index is -3.56. The largest absolute Gasteiger partial charge is 0.368 e. The van der Waals surface area contributed by atoms with Gasteiger partial charge in [-0.3, -0.25) is 4.98 Å². The van der Waals surface area contributed by atoms with E-state index in [1.807, 2.05) is 36.7 Å². The maximum absolute atomic E-state index is 12.6. The van der Waals surface area contributed by atoms with Crippen LogP contribution in [0.4, 0.5) is 11.4 Å². The smallest absolute Gasteiger partial charge is 0.240 e. The highest BCUT2D eigenvalue weighted by Gasteiger charge is 2.21. The van der Waals surface area contributed by atoms with Crippen LogP contribution in [0.1, 0.15) is 5.56 Å². The van der Waals surface area contributed by atoms with Gasteiger partial charge in [0.2, 0.25) is 10.0 Å². The first-order chi connectivity index (χ1) is 14.5. The van der Waals surface area contributed by atoms with Crippen molar-refractivity contribution < 1.29 is 8.42 Å². The predicted molar refractivity (Wildman–Crippen MR) is 123 cm³/mol. The third-order valence-corrected chi connectivity index (χ3v) is 7.11. The average molecular weight is 487 g/mol. The number of nitrogens with one attached hydrogen (secondary N) is 1. The molecule has 1 aliphatic rings. The van der Waals surface area contributed by atoms with E-state index >= 15 is 0 Å². The van der Waals surface area contributed by atoms with Crippen molar-refractivity contribution in [2.45, 2.75) is 11.4 Å². The van der Waals surface area contributed by atoms with Crippen molar-refractivity contribution in [1.29, 1.82) is 0 Å². The quantitative estimate of drug-likeness (QED) is 0.575. The van der Waals surface area contributed by atoms with Crippen molar-refractivity contribution in [2.24, 2.45) is 0 Å². The standard InChI is InChI=1S/C22H23BrN4O2S/c23-19-6-7-22(27-14-12-26(13-15-27)20-8-10-24-11-9-20)18(16-19)17-25-30(28,29)21-4-2-1-3-5-21/h1-11,16,25H,12-15,17H2. The van der Waals surface area contributed by atoms with E-state index in [-0.39, 0.29) is 11.4 Å². The van der Waals surface area contributed by atoms with Crippen molar-refractivity contribution in [3.63, 3.8) is 0 Å². The summed E-state index contributed by atoms with van der Waals surface area (Å²) >= 11 is 3.52. The Balaban J connectivity index is 1.48. The molecule has 0 bridgehead atoms. The molecule has 156 valence electrons. The molecule has 30 heavy (non-hydrogen) atoms. The minimum Gasteiger partial charge on any atom is -0.368 e. The minimum absolute atomic E-state index is 0.233. The van der Waals surface area contributed by atoms with Crippen LogP contribution in [-0.4, -0.2) is 39.6 Å². The number of benzene rings is 2. The fourth-order valence-electron chi connectivity index (χ4n) is 3.62. The van der Waals surface area contributed by atoms with Gasteiger partial charge in [-0.2, -0.15) is 0 Å². The zero-order valence-corrected chi connectivity index (χ0v) is 18.8. The number of rotatable bonds is 6. The molecule has 1 fully saturated rings. The SMILES string of the molecule is O=S(=O)(NCc1cc(Br)ccc1N1CCN(c2ccncc2)CC1)c1ccccc1. The molecule has 1 saturated heterocycles. The summed E-state index contributed by atoms with van der Waals surface area (Å²) in [6.07, 6.45) is 3.63. The first-order valence-corrected chi connectivity index (χ1v) is 12.0.